The van der Waals surface area contributed by atoms with Gasteiger partial charge < -0.3 is 4.90 Å². The van der Waals surface area contributed by atoms with E-state index in [1.807, 2.05) is 61.5 Å². The number of benzene rings is 3. The summed E-state index contributed by atoms with van der Waals surface area (Å²) in [5.41, 5.74) is 5.43. The average Bonchev–Trinajstić information content (AvgIpc) is 3.77. The lowest BCUT2D eigenvalue weighted by atomic mass is 9.87. The lowest BCUT2D eigenvalue weighted by Crippen LogP contribution is -2.34. The number of rotatable bonds is 8. The highest BCUT2D eigenvalue weighted by Crippen LogP contribution is 2.49. The summed E-state index contributed by atoms with van der Waals surface area (Å²) in [6, 6.07) is 26.3. The standard InChI is InChI=1S/C33H32FN3O3S/c1-22-8-5-13-26(35-22)21-37(33(38)31-20-29(31)23-9-3-2-4-10-23)27-17-16-24-11-6-15-32(30(24)19-27)36-41(39,40)28-14-7-12-25(34)18-28/h2-5,7-10,12-14,16-19,29,31-32,36H,6,11,15,20-21H2,1H3/t29-,31+,32?/m1/s1. The van der Waals surface area contributed by atoms with Crippen LogP contribution in [0.15, 0.2) is 95.9 Å². The highest BCUT2D eigenvalue weighted by Gasteiger charge is 2.46. The Morgan fingerprint density at radius 2 is 1.80 bits per heavy atom. The molecular weight excluding hydrogens is 537 g/mol. The zero-order chi connectivity index (χ0) is 28.6. The minimum atomic E-state index is -3.95. The van der Waals surface area contributed by atoms with Crippen LogP contribution >= 0.6 is 0 Å². The molecule has 0 bridgehead atoms. The van der Waals surface area contributed by atoms with Gasteiger partial charge in [0.05, 0.1) is 17.1 Å². The van der Waals surface area contributed by atoms with Gasteiger partial charge in [0, 0.05) is 23.3 Å². The molecule has 0 saturated heterocycles. The Balaban J connectivity index is 1.32. The highest BCUT2D eigenvalue weighted by molar-refractivity contribution is 7.89. The smallest absolute Gasteiger partial charge is 0.241 e. The van der Waals surface area contributed by atoms with E-state index in [0.717, 1.165) is 53.4 Å². The normalized spacial score (nSPS) is 19.8. The SMILES string of the molecule is Cc1cccc(CN(C(=O)[C@H]2C[C@@H]2c2ccccc2)c2ccc3c(c2)C(NS(=O)(=O)c2cccc(F)c2)CCC3)n1. The molecule has 1 saturated carbocycles. The first-order valence-electron chi connectivity index (χ1n) is 14.0. The van der Waals surface area contributed by atoms with Crippen LogP contribution in [0.4, 0.5) is 10.1 Å². The fourth-order valence-electron chi connectivity index (χ4n) is 5.85. The Labute approximate surface area is 240 Å². The van der Waals surface area contributed by atoms with Crippen molar-refractivity contribution in [1.29, 1.82) is 0 Å². The third-order valence-electron chi connectivity index (χ3n) is 8.03. The molecule has 4 aromatic rings. The lowest BCUT2D eigenvalue weighted by Gasteiger charge is -2.29. The number of carbonyl (C=O) groups excluding carboxylic acids is 1. The molecule has 3 atom stereocenters. The maximum absolute atomic E-state index is 14.0. The lowest BCUT2D eigenvalue weighted by molar-refractivity contribution is -0.120. The van der Waals surface area contributed by atoms with Crippen molar-refractivity contribution in [2.75, 3.05) is 4.90 Å². The molecular formula is C33H32FN3O3S. The molecule has 2 aliphatic rings. The second-order valence-corrected chi connectivity index (χ2v) is 12.7. The zero-order valence-electron chi connectivity index (χ0n) is 22.8. The molecule has 0 radical (unpaired) electrons. The molecule has 8 heteroatoms. The Morgan fingerprint density at radius 3 is 2.59 bits per heavy atom. The van der Waals surface area contributed by atoms with Gasteiger partial charge in [0.2, 0.25) is 15.9 Å². The number of nitrogens with zero attached hydrogens (tertiary/aromatic N) is 2. The van der Waals surface area contributed by atoms with Crippen LogP contribution < -0.4 is 9.62 Å². The van der Waals surface area contributed by atoms with Crippen LogP contribution in [0.1, 0.15) is 59.3 Å². The number of fused-ring (bicyclic) bond motifs is 1. The van der Waals surface area contributed by atoms with Gasteiger partial charge in [-0.15, -0.1) is 0 Å². The fourth-order valence-corrected chi connectivity index (χ4v) is 7.13. The van der Waals surface area contributed by atoms with E-state index in [2.05, 4.69) is 21.8 Å². The van der Waals surface area contributed by atoms with Crippen LogP contribution in [-0.2, 0) is 27.8 Å². The van der Waals surface area contributed by atoms with Gasteiger partial charge in [-0.2, -0.15) is 0 Å². The summed E-state index contributed by atoms with van der Waals surface area (Å²) in [4.78, 5) is 20.4. The average molecular weight is 570 g/mol. The van der Waals surface area contributed by atoms with Crippen molar-refractivity contribution in [3.8, 4) is 0 Å². The van der Waals surface area contributed by atoms with Crippen molar-refractivity contribution < 1.29 is 17.6 Å². The molecule has 1 unspecified atom stereocenters. The van der Waals surface area contributed by atoms with Crippen LogP contribution in [0.25, 0.3) is 0 Å². The Bertz CT molecular complexity index is 1690. The molecule has 210 valence electrons. The molecule has 1 aromatic heterocycles. The van der Waals surface area contributed by atoms with Gasteiger partial charge >= 0.3 is 0 Å². The second-order valence-electron chi connectivity index (χ2n) is 11.0. The summed E-state index contributed by atoms with van der Waals surface area (Å²) in [6.45, 7) is 2.24. The van der Waals surface area contributed by atoms with Crippen LogP contribution in [-0.4, -0.2) is 19.3 Å². The quantitative estimate of drug-likeness (QED) is 0.273. The maximum Gasteiger partial charge on any atom is 0.241 e. The number of aryl methyl sites for hydroxylation is 2. The molecule has 6 rings (SSSR count). The second kappa shape index (κ2) is 11.2. The maximum atomic E-state index is 14.0. The molecule has 1 heterocycles. The summed E-state index contributed by atoms with van der Waals surface area (Å²) in [6.07, 6.45) is 3.04. The number of nitrogens with one attached hydrogen (secondary N) is 1. The predicted molar refractivity (Wildman–Crippen MR) is 156 cm³/mol. The van der Waals surface area contributed by atoms with Gasteiger partial charge in [-0.1, -0.05) is 48.5 Å². The zero-order valence-corrected chi connectivity index (χ0v) is 23.6. The Morgan fingerprint density at radius 1 is 1.00 bits per heavy atom. The first-order valence-corrected chi connectivity index (χ1v) is 15.5. The Hall–Kier alpha value is -3.88. The fraction of sp³-hybridized carbons (Fsp3) is 0.273. The van der Waals surface area contributed by atoms with Crippen molar-refractivity contribution in [2.24, 2.45) is 5.92 Å². The van der Waals surface area contributed by atoms with E-state index in [1.165, 1.54) is 18.2 Å². The van der Waals surface area contributed by atoms with E-state index < -0.39 is 21.9 Å². The minimum Gasteiger partial charge on any atom is -0.306 e. The molecule has 0 spiro atoms. The van der Waals surface area contributed by atoms with E-state index in [9.17, 15) is 17.6 Å². The molecule has 2 aliphatic carbocycles. The van der Waals surface area contributed by atoms with Gasteiger partial charge in [-0.25, -0.2) is 17.5 Å². The van der Waals surface area contributed by atoms with Crippen LogP contribution in [0.3, 0.4) is 0 Å². The topological polar surface area (TPSA) is 79.4 Å². The number of carbonyl (C=O) groups is 1. The number of amides is 1. The summed E-state index contributed by atoms with van der Waals surface area (Å²) >= 11 is 0. The van der Waals surface area contributed by atoms with Crippen molar-refractivity contribution in [3.05, 3.63) is 125 Å². The van der Waals surface area contributed by atoms with Gasteiger partial charge in [-0.3, -0.25) is 9.78 Å². The molecule has 1 N–H and O–H groups in total. The van der Waals surface area contributed by atoms with E-state index >= 15 is 0 Å². The van der Waals surface area contributed by atoms with Gasteiger partial charge in [0.25, 0.3) is 0 Å². The van der Waals surface area contributed by atoms with Crippen molar-refractivity contribution in [1.82, 2.24) is 9.71 Å². The van der Waals surface area contributed by atoms with Crippen LogP contribution in [0.5, 0.6) is 0 Å². The van der Waals surface area contributed by atoms with Gasteiger partial charge in [0.1, 0.15) is 5.82 Å². The summed E-state index contributed by atoms with van der Waals surface area (Å²) in [5.74, 6) is -0.512. The monoisotopic (exact) mass is 569 g/mol. The summed E-state index contributed by atoms with van der Waals surface area (Å²) < 4.78 is 43.0. The van der Waals surface area contributed by atoms with E-state index in [1.54, 1.807) is 4.90 Å². The number of halogens is 1. The van der Waals surface area contributed by atoms with Crippen LogP contribution in [0, 0.1) is 18.7 Å². The van der Waals surface area contributed by atoms with E-state index in [-0.39, 0.29) is 22.6 Å². The summed E-state index contributed by atoms with van der Waals surface area (Å²) in [7, 11) is -3.95. The van der Waals surface area contributed by atoms with Crippen molar-refractivity contribution in [2.45, 2.75) is 56.0 Å². The molecule has 1 fully saturated rings. The highest BCUT2D eigenvalue weighted by atomic mass is 32.2. The number of pyridine rings is 1. The summed E-state index contributed by atoms with van der Waals surface area (Å²) in [5, 5.41) is 0. The van der Waals surface area contributed by atoms with Gasteiger partial charge in [0.15, 0.2) is 0 Å². The third-order valence-corrected chi connectivity index (χ3v) is 9.50. The largest absolute Gasteiger partial charge is 0.306 e. The predicted octanol–water partition coefficient (Wildman–Crippen LogP) is 6.22. The number of anilines is 1. The third kappa shape index (κ3) is 5.94. The van der Waals surface area contributed by atoms with E-state index in [0.29, 0.717) is 18.7 Å². The van der Waals surface area contributed by atoms with Crippen molar-refractivity contribution in [3.63, 3.8) is 0 Å². The minimum absolute atomic E-state index is 0.0369. The molecule has 3 aromatic carbocycles. The number of sulfonamides is 1. The molecule has 0 aliphatic heterocycles. The first kappa shape index (κ1) is 27.3. The number of aromatic nitrogens is 1. The molecule has 1 amide bonds. The van der Waals surface area contributed by atoms with Crippen LogP contribution in [0.2, 0.25) is 0 Å². The first-order chi connectivity index (χ1) is 19.8. The van der Waals surface area contributed by atoms with Crippen molar-refractivity contribution >= 4 is 21.6 Å². The van der Waals surface area contributed by atoms with Gasteiger partial charge in [-0.05, 0) is 97.7 Å². The molecule has 6 nitrogen and oxygen atoms in total. The number of hydrogen-bond acceptors (Lipinski definition) is 4. The Kier molecular flexibility index (Phi) is 7.45. The molecule has 41 heavy (non-hydrogen) atoms. The van der Waals surface area contributed by atoms with E-state index in [4.69, 9.17) is 0 Å². The number of hydrogen-bond donors (Lipinski definition) is 1.